The molecule has 0 atom stereocenters. The minimum absolute atomic E-state index is 0.00415. The number of rotatable bonds is 2. The molecule has 6 aromatic rings. The largest absolute Gasteiger partial charge is 0.0622 e. The molecule has 0 radical (unpaired) electrons. The summed E-state index contributed by atoms with van der Waals surface area (Å²) in [4.78, 5) is 0. The molecule has 0 saturated carbocycles. The van der Waals surface area contributed by atoms with E-state index >= 15 is 0 Å². The highest BCUT2D eigenvalue weighted by Gasteiger charge is 2.35. The molecule has 0 N–H and O–H groups in total. The maximum atomic E-state index is 2.42. The van der Waals surface area contributed by atoms with E-state index in [0.717, 1.165) is 0 Å². The molecule has 0 bridgehead atoms. The Morgan fingerprint density at radius 1 is 0.429 bits per heavy atom. The Kier molecular flexibility index (Phi) is 4.29. The van der Waals surface area contributed by atoms with Crippen molar-refractivity contribution in [1.29, 1.82) is 0 Å². The quantitative estimate of drug-likeness (QED) is 0.232. The van der Waals surface area contributed by atoms with Crippen LogP contribution in [-0.2, 0) is 5.41 Å². The first-order valence-electron chi connectivity index (χ1n) is 12.4. The van der Waals surface area contributed by atoms with Crippen molar-refractivity contribution >= 4 is 21.5 Å². The zero-order chi connectivity index (χ0) is 23.6. The first-order chi connectivity index (χ1) is 17.1. The van der Waals surface area contributed by atoms with Crippen molar-refractivity contribution in [1.82, 2.24) is 0 Å². The molecule has 7 rings (SSSR count). The van der Waals surface area contributed by atoms with Gasteiger partial charge in [0.25, 0.3) is 0 Å². The highest BCUT2D eigenvalue weighted by Crippen LogP contribution is 2.49. The van der Waals surface area contributed by atoms with Gasteiger partial charge >= 0.3 is 0 Å². The molecule has 0 unspecified atom stereocenters. The third-order valence-corrected chi connectivity index (χ3v) is 7.84. The van der Waals surface area contributed by atoms with Crippen LogP contribution < -0.4 is 0 Å². The standard InChI is InChI=1S/C35H26/c1-35(2)32-15-9-8-14-29(32)30-19-18-25(22-33(30)35)24-16-17-27-20-26-12-6-7-13-28(26)34(31(27)21-24)23-10-4-3-5-11-23/h3-22H,1-2H3. The van der Waals surface area contributed by atoms with Crippen LogP contribution in [0.2, 0.25) is 0 Å². The van der Waals surface area contributed by atoms with E-state index < -0.39 is 0 Å². The van der Waals surface area contributed by atoms with E-state index in [1.807, 2.05) is 0 Å². The maximum absolute atomic E-state index is 2.42. The summed E-state index contributed by atoms with van der Waals surface area (Å²) in [6.07, 6.45) is 0. The van der Waals surface area contributed by atoms with E-state index in [1.165, 1.54) is 66.1 Å². The van der Waals surface area contributed by atoms with E-state index in [4.69, 9.17) is 0 Å². The van der Waals surface area contributed by atoms with E-state index in [0.29, 0.717) is 0 Å². The SMILES string of the molecule is CC1(C)c2ccccc2-c2ccc(-c3ccc4cc5ccccc5c(-c5ccccc5)c4c3)cc21. The van der Waals surface area contributed by atoms with Crippen molar-refractivity contribution in [3.63, 3.8) is 0 Å². The fourth-order valence-corrected chi connectivity index (χ4v) is 6.04. The average molecular weight is 447 g/mol. The second kappa shape index (κ2) is 7.42. The second-order valence-corrected chi connectivity index (χ2v) is 10.2. The van der Waals surface area contributed by atoms with Gasteiger partial charge in [0.2, 0.25) is 0 Å². The van der Waals surface area contributed by atoms with Crippen molar-refractivity contribution < 1.29 is 0 Å². The minimum Gasteiger partial charge on any atom is -0.0622 e. The van der Waals surface area contributed by atoms with Gasteiger partial charge in [-0.15, -0.1) is 0 Å². The summed E-state index contributed by atoms with van der Waals surface area (Å²) in [5, 5.41) is 5.16. The first kappa shape index (κ1) is 20.2. The van der Waals surface area contributed by atoms with Crippen molar-refractivity contribution in [3.05, 3.63) is 132 Å². The van der Waals surface area contributed by atoms with Crippen LogP contribution in [0.1, 0.15) is 25.0 Å². The van der Waals surface area contributed by atoms with Gasteiger partial charge in [0.15, 0.2) is 0 Å². The summed E-state index contributed by atoms with van der Waals surface area (Å²) in [6, 6.07) is 44.7. The number of hydrogen-bond acceptors (Lipinski definition) is 0. The molecule has 0 saturated heterocycles. The summed E-state index contributed by atoms with van der Waals surface area (Å²) in [5.41, 5.74) is 10.7. The molecule has 0 aromatic heterocycles. The molecular weight excluding hydrogens is 420 g/mol. The number of hydrogen-bond donors (Lipinski definition) is 0. The van der Waals surface area contributed by atoms with Crippen LogP contribution in [0.4, 0.5) is 0 Å². The molecule has 1 aliphatic rings. The second-order valence-electron chi connectivity index (χ2n) is 10.2. The molecule has 0 nitrogen and oxygen atoms in total. The van der Waals surface area contributed by atoms with Gasteiger partial charge in [-0.25, -0.2) is 0 Å². The van der Waals surface area contributed by atoms with Gasteiger partial charge < -0.3 is 0 Å². The fraction of sp³-hybridized carbons (Fsp3) is 0.0857. The molecule has 0 amide bonds. The molecule has 0 aliphatic heterocycles. The third-order valence-electron chi connectivity index (χ3n) is 7.84. The van der Waals surface area contributed by atoms with Gasteiger partial charge in [-0.1, -0.05) is 117 Å². The van der Waals surface area contributed by atoms with Crippen molar-refractivity contribution in [3.8, 4) is 33.4 Å². The summed E-state index contributed by atoms with van der Waals surface area (Å²) in [6.45, 7) is 4.70. The molecular formula is C35H26. The Bertz CT molecular complexity index is 1750. The minimum atomic E-state index is 0.00415. The van der Waals surface area contributed by atoms with Gasteiger partial charge in [0.05, 0.1) is 0 Å². The molecule has 0 heterocycles. The van der Waals surface area contributed by atoms with Crippen LogP contribution in [0.5, 0.6) is 0 Å². The lowest BCUT2D eigenvalue weighted by Crippen LogP contribution is -2.14. The highest BCUT2D eigenvalue weighted by atomic mass is 14.4. The Morgan fingerprint density at radius 3 is 1.97 bits per heavy atom. The summed E-state index contributed by atoms with van der Waals surface area (Å²) >= 11 is 0. The Morgan fingerprint density at radius 2 is 1.09 bits per heavy atom. The molecule has 166 valence electrons. The van der Waals surface area contributed by atoms with Gasteiger partial charge in [0, 0.05) is 5.41 Å². The van der Waals surface area contributed by atoms with Crippen LogP contribution in [0.15, 0.2) is 121 Å². The first-order valence-corrected chi connectivity index (χ1v) is 12.4. The topological polar surface area (TPSA) is 0 Å². The van der Waals surface area contributed by atoms with Gasteiger partial charge in [0.1, 0.15) is 0 Å². The van der Waals surface area contributed by atoms with E-state index in [9.17, 15) is 0 Å². The van der Waals surface area contributed by atoms with Crippen molar-refractivity contribution in [2.75, 3.05) is 0 Å². The summed E-state index contributed by atoms with van der Waals surface area (Å²) in [7, 11) is 0. The molecule has 35 heavy (non-hydrogen) atoms. The van der Waals surface area contributed by atoms with Gasteiger partial charge in [-0.05, 0) is 84.3 Å². The van der Waals surface area contributed by atoms with Gasteiger partial charge in [-0.2, -0.15) is 0 Å². The van der Waals surface area contributed by atoms with Crippen LogP contribution in [0.25, 0.3) is 54.9 Å². The monoisotopic (exact) mass is 446 g/mol. The number of fused-ring (bicyclic) bond motifs is 5. The lowest BCUT2D eigenvalue weighted by molar-refractivity contribution is 0.660. The van der Waals surface area contributed by atoms with Crippen LogP contribution in [0, 0.1) is 0 Å². The molecule has 0 spiro atoms. The van der Waals surface area contributed by atoms with Crippen LogP contribution in [-0.4, -0.2) is 0 Å². The molecule has 1 aliphatic carbocycles. The van der Waals surface area contributed by atoms with E-state index in [-0.39, 0.29) is 5.41 Å². The smallest absolute Gasteiger partial charge is 0.0159 e. The highest BCUT2D eigenvalue weighted by molar-refractivity contribution is 6.13. The Balaban J connectivity index is 1.46. The van der Waals surface area contributed by atoms with E-state index in [2.05, 4.69) is 135 Å². The van der Waals surface area contributed by atoms with Crippen LogP contribution >= 0.6 is 0 Å². The normalized spacial score (nSPS) is 13.7. The summed E-state index contributed by atoms with van der Waals surface area (Å²) < 4.78 is 0. The molecule has 0 heteroatoms. The Hall–Kier alpha value is -4.16. The van der Waals surface area contributed by atoms with Gasteiger partial charge in [-0.3, -0.25) is 0 Å². The zero-order valence-electron chi connectivity index (χ0n) is 20.0. The third kappa shape index (κ3) is 3.00. The average Bonchev–Trinajstić information content (AvgIpc) is 3.14. The van der Waals surface area contributed by atoms with Crippen molar-refractivity contribution in [2.24, 2.45) is 0 Å². The number of benzene rings is 6. The van der Waals surface area contributed by atoms with Crippen LogP contribution in [0.3, 0.4) is 0 Å². The Labute approximate surface area is 206 Å². The lowest BCUT2D eigenvalue weighted by Gasteiger charge is -2.22. The molecule has 6 aromatic carbocycles. The fourth-order valence-electron chi connectivity index (χ4n) is 6.04. The predicted molar refractivity (Wildman–Crippen MR) is 150 cm³/mol. The van der Waals surface area contributed by atoms with E-state index in [1.54, 1.807) is 0 Å². The zero-order valence-corrected chi connectivity index (χ0v) is 20.0. The lowest BCUT2D eigenvalue weighted by atomic mass is 9.81. The van der Waals surface area contributed by atoms with Crippen molar-refractivity contribution in [2.45, 2.75) is 19.3 Å². The maximum Gasteiger partial charge on any atom is 0.0159 e. The molecule has 0 fully saturated rings. The predicted octanol–water partition coefficient (Wildman–Crippen LogP) is 9.63. The summed E-state index contributed by atoms with van der Waals surface area (Å²) in [5.74, 6) is 0.